The molecule has 0 aliphatic rings. The van der Waals surface area contributed by atoms with E-state index in [2.05, 4.69) is 16.0 Å². The first kappa shape index (κ1) is 25.9. The van der Waals surface area contributed by atoms with Gasteiger partial charge in [0.15, 0.2) is 0 Å². The van der Waals surface area contributed by atoms with Crippen LogP contribution in [0.5, 0.6) is 0 Å². The molecule has 31 heavy (non-hydrogen) atoms. The van der Waals surface area contributed by atoms with Crippen LogP contribution in [0.4, 0.5) is 4.79 Å². The molecular formula is C22H33N3O6. The first-order valence-corrected chi connectivity index (χ1v) is 10.2. The number of esters is 1. The Bertz CT molecular complexity index is 751. The number of carbonyl (C=O) groups is 4. The number of alkyl carbamates (subject to hydrolysis) is 1. The lowest BCUT2D eigenvalue weighted by atomic mass is 10.00. The molecule has 0 saturated heterocycles. The zero-order valence-corrected chi connectivity index (χ0v) is 18.9. The molecule has 0 spiro atoms. The standard InChI is InChI=1S/C22H33N3O6/c1-13(2)17(20(27)25-18(14(3)4)21(28)30-6)24-19(26)15(5)23-22(29)31-12-16-10-8-7-9-11-16/h7-11,13-15,17-18H,12H2,1-6H3,(H,23,29)(H,24,26)(H,25,27)/t15-,17+,18-/m0/s1. The topological polar surface area (TPSA) is 123 Å². The number of benzene rings is 1. The molecular weight excluding hydrogens is 402 g/mol. The zero-order valence-electron chi connectivity index (χ0n) is 18.9. The summed E-state index contributed by atoms with van der Waals surface area (Å²) in [6, 6.07) is 6.47. The Kier molecular flexibility index (Phi) is 10.5. The summed E-state index contributed by atoms with van der Waals surface area (Å²) in [4.78, 5) is 49.1. The summed E-state index contributed by atoms with van der Waals surface area (Å²) >= 11 is 0. The van der Waals surface area contributed by atoms with Gasteiger partial charge in [0.25, 0.3) is 0 Å². The van der Waals surface area contributed by atoms with Gasteiger partial charge in [-0.3, -0.25) is 9.59 Å². The van der Waals surface area contributed by atoms with E-state index in [0.29, 0.717) is 0 Å². The molecule has 0 aliphatic heterocycles. The summed E-state index contributed by atoms with van der Waals surface area (Å²) in [6.45, 7) is 8.64. The lowest BCUT2D eigenvalue weighted by Crippen LogP contribution is -2.57. The minimum atomic E-state index is -0.932. The molecule has 1 aromatic rings. The highest BCUT2D eigenvalue weighted by molar-refractivity contribution is 5.93. The van der Waals surface area contributed by atoms with Crippen molar-refractivity contribution in [3.63, 3.8) is 0 Å². The summed E-state index contributed by atoms with van der Waals surface area (Å²) in [5.74, 6) is -2.07. The van der Waals surface area contributed by atoms with Crippen LogP contribution in [0.2, 0.25) is 0 Å². The highest BCUT2D eigenvalue weighted by Crippen LogP contribution is 2.08. The Labute approximate surface area is 183 Å². The molecule has 1 aromatic carbocycles. The van der Waals surface area contributed by atoms with E-state index in [4.69, 9.17) is 9.47 Å². The third-order valence-electron chi connectivity index (χ3n) is 4.61. The van der Waals surface area contributed by atoms with Gasteiger partial charge in [0.2, 0.25) is 11.8 Å². The van der Waals surface area contributed by atoms with Crippen LogP contribution in [0.25, 0.3) is 0 Å². The van der Waals surface area contributed by atoms with E-state index in [9.17, 15) is 19.2 Å². The molecule has 0 bridgehead atoms. The van der Waals surface area contributed by atoms with Gasteiger partial charge in [-0.15, -0.1) is 0 Å². The van der Waals surface area contributed by atoms with E-state index >= 15 is 0 Å². The molecule has 3 N–H and O–H groups in total. The molecule has 0 fully saturated rings. The van der Waals surface area contributed by atoms with Gasteiger partial charge in [0.1, 0.15) is 24.7 Å². The highest BCUT2D eigenvalue weighted by Gasteiger charge is 2.31. The predicted octanol–water partition coefficient (Wildman–Crippen LogP) is 1.76. The van der Waals surface area contributed by atoms with Crippen molar-refractivity contribution in [2.45, 2.75) is 59.4 Å². The normalized spacial score (nSPS) is 13.7. The van der Waals surface area contributed by atoms with Gasteiger partial charge in [-0.1, -0.05) is 58.0 Å². The number of amides is 3. The fourth-order valence-corrected chi connectivity index (χ4v) is 2.69. The van der Waals surface area contributed by atoms with Crippen LogP contribution in [0.15, 0.2) is 30.3 Å². The van der Waals surface area contributed by atoms with Crippen LogP contribution >= 0.6 is 0 Å². The van der Waals surface area contributed by atoms with Crippen LogP contribution in [-0.4, -0.2) is 49.1 Å². The number of rotatable bonds is 10. The number of hydrogen-bond acceptors (Lipinski definition) is 6. The van der Waals surface area contributed by atoms with Crippen molar-refractivity contribution in [3.8, 4) is 0 Å². The van der Waals surface area contributed by atoms with E-state index in [-0.39, 0.29) is 18.4 Å². The van der Waals surface area contributed by atoms with Crippen molar-refractivity contribution in [2.75, 3.05) is 7.11 Å². The van der Waals surface area contributed by atoms with Crippen LogP contribution < -0.4 is 16.0 Å². The van der Waals surface area contributed by atoms with Gasteiger partial charge in [-0.05, 0) is 24.3 Å². The van der Waals surface area contributed by atoms with Crippen LogP contribution in [0.3, 0.4) is 0 Å². The summed E-state index contributed by atoms with van der Waals surface area (Å²) in [6.07, 6.45) is -0.748. The molecule has 3 atom stereocenters. The van der Waals surface area contributed by atoms with Gasteiger partial charge in [0.05, 0.1) is 7.11 Å². The zero-order chi connectivity index (χ0) is 23.6. The second-order valence-electron chi connectivity index (χ2n) is 7.91. The van der Waals surface area contributed by atoms with E-state index in [0.717, 1.165) is 5.56 Å². The first-order chi connectivity index (χ1) is 14.6. The van der Waals surface area contributed by atoms with Crippen molar-refractivity contribution >= 4 is 23.9 Å². The third-order valence-corrected chi connectivity index (χ3v) is 4.61. The number of nitrogens with one attached hydrogen (secondary N) is 3. The third kappa shape index (κ3) is 8.65. The number of methoxy groups -OCH3 is 1. The molecule has 9 nitrogen and oxygen atoms in total. The van der Waals surface area contributed by atoms with Crippen LogP contribution in [0, 0.1) is 11.8 Å². The first-order valence-electron chi connectivity index (χ1n) is 10.2. The molecule has 0 unspecified atom stereocenters. The molecule has 0 radical (unpaired) electrons. The van der Waals surface area contributed by atoms with Crippen molar-refractivity contribution in [1.82, 2.24) is 16.0 Å². The van der Waals surface area contributed by atoms with E-state index < -0.39 is 42.0 Å². The molecule has 0 heterocycles. The number of ether oxygens (including phenoxy) is 2. The fraction of sp³-hybridized carbons (Fsp3) is 0.545. The fourth-order valence-electron chi connectivity index (χ4n) is 2.69. The average molecular weight is 436 g/mol. The van der Waals surface area contributed by atoms with Gasteiger partial charge in [0, 0.05) is 0 Å². The molecule has 9 heteroatoms. The van der Waals surface area contributed by atoms with Crippen molar-refractivity contribution in [1.29, 1.82) is 0 Å². The minimum absolute atomic E-state index is 0.0716. The Morgan fingerprint density at radius 2 is 1.35 bits per heavy atom. The Morgan fingerprint density at radius 1 is 0.806 bits per heavy atom. The van der Waals surface area contributed by atoms with Gasteiger partial charge in [-0.2, -0.15) is 0 Å². The highest BCUT2D eigenvalue weighted by atomic mass is 16.5. The molecule has 0 aliphatic carbocycles. The lowest BCUT2D eigenvalue weighted by molar-refractivity contribution is -0.146. The van der Waals surface area contributed by atoms with Crippen molar-refractivity contribution in [3.05, 3.63) is 35.9 Å². The summed E-state index contributed by atoms with van der Waals surface area (Å²) in [5, 5.41) is 7.70. The van der Waals surface area contributed by atoms with Crippen LogP contribution in [0.1, 0.15) is 40.2 Å². The smallest absolute Gasteiger partial charge is 0.408 e. The van der Waals surface area contributed by atoms with Gasteiger partial charge < -0.3 is 25.4 Å². The maximum absolute atomic E-state index is 12.7. The Hall–Kier alpha value is -3.10. The quantitative estimate of drug-likeness (QED) is 0.481. The molecule has 0 aromatic heterocycles. The van der Waals surface area contributed by atoms with Gasteiger partial charge >= 0.3 is 12.1 Å². The minimum Gasteiger partial charge on any atom is -0.467 e. The second kappa shape index (κ2) is 12.6. The Balaban J connectivity index is 2.65. The van der Waals surface area contributed by atoms with Gasteiger partial charge in [-0.25, -0.2) is 9.59 Å². The maximum Gasteiger partial charge on any atom is 0.408 e. The molecule has 0 saturated carbocycles. The van der Waals surface area contributed by atoms with E-state index in [1.54, 1.807) is 27.7 Å². The summed E-state index contributed by atoms with van der Waals surface area (Å²) in [5.41, 5.74) is 0.816. The maximum atomic E-state index is 12.7. The average Bonchev–Trinajstić information content (AvgIpc) is 2.73. The monoisotopic (exact) mass is 435 g/mol. The number of carbonyl (C=O) groups excluding carboxylic acids is 4. The lowest BCUT2D eigenvalue weighted by Gasteiger charge is -2.27. The second-order valence-corrected chi connectivity index (χ2v) is 7.91. The number of hydrogen-bond donors (Lipinski definition) is 3. The van der Waals surface area contributed by atoms with E-state index in [1.807, 2.05) is 30.3 Å². The Morgan fingerprint density at radius 3 is 1.87 bits per heavy atom. The summed E-state index contributed by atoms with van der Waals surface area (Å²) in [7, 11) is 1.25. The van der Waals surface area contributed by atoms with E-state index in [1.165, 1.54) is 14.0 Å². The molecule has 3 amide bonds. The largest absolute Gasteiger partial charge is 0.467 e. The van der Waals surface area contributed by atoms with Crippen molar-refractivity contribution < 1.29 is 28.7 Å². The molecule has 172 valence electrons. The summed E-state index contributed by atoms with van der Waals surface area (Å²) < 4.78 is 9.84. The predicted molar refractivity (Wildman–Crippen MR) is 115 cm³/mol. The SMILES string of the molecule is COC(=O)[C@@H](NC(=O)[C@H](NC(=O)[C@H](C)NC(=O)OCc1ccccc1)C(C)C)C(C)C. The van der Waals surface area contributed by atoms with Crippen molar-refractivity contribution in [2.24, 2.45) is 11.8 Å². The van der Waals surface area contributed by atoms with Crippen LogP contribution in [-0.2, 0) is 30.5 Å². The molecule has 1 rings (SSSR count).